The second kappa shape index (κ2) is 12.8. The van der Waals surface area contributed by atoms with Gasteiger partial charge < -0.3 is 20.1 Å². The first-order valence-electron chi connectivity index (χ1n) is 8.11. The number of halogens is 2. The molecule has 2 rings (SSSR count). The minimum absolute atomic E-state index is 0. The average Bonchev–Trinajstić information content (AvgIpc) is 2.64. The van der Waals surface area contributed by atoms with Crippen LogP contribution in [0.2, 0.25) is 5.02 Å². The third-order valence-electron chi connectivity index (χ3n) is 3.51. The summed E-state index contributed by atoms with van der Waals surface area (Å²) in [4.78, 5) is 4.24. The van der Waals surface area contributed by atoms with Crippen LogP contribution in [0.3, 0.4) is 0 Å². The fraction of sp³-hybridized carbons (Fsp3) is 0.316. The van der Waals surface area contributed by atoms with E-state index in [-0.39, 0.29) is 24.0 Å². The SMILES string of the molecule is CN=C(NCc1ccc(Cl)cc1)NCc1cccc(OCCOC)c1.I. The summed E-state index contributed by atoms with van der Waals surface area (Å²) < 4.78 is 10.6. The molecule has 0 unspecified atom stereocenters. The van der Waals surface area contributed by atoms with E-state index >= 15 is 0 Å². The number of methoxy groups -OCH3 is 1. The van der Waals surface area contributed by atoms with Gasteiger partial charge in [0.15, 0.2) is 5.96 Å². The monoisotopic (exact) mass is 489 g/mol. The van der Waals surface area contributed by atoms with Crippen LogP contribution >= 0.6 is 35.6 Å². The molecule has 0 radical (unpaired) electrons. The molecule has 0 aliphatic carbocycles. The van der Waals surface area contributed by atoms with Crippen molar-refractivity contribution in [3.8, 4) is 5.75 Å². The lowest BCUT2D eigenvalue weighted by Crippen LogP contribution is -2.36. The molecule has 0 aliphatic rings. The summed E-state index contributed by atoms with van der Waals surface area (Å²) >= 11 is 5.90. The normalized spacial score (nSPS) is 10.8. The number of aliphatic imine (C=N–C) groups is 1. The molecule has 0 aliphatic heterocycles. The van der Waals surface area contributed by atoms with Crippen LogP contribution in [0.1, 0.15) is 11.1 Å². The molecule has 142 valence electrons. The Labute approximate surface area is 177 Å². The van der Waals surface area contributed by atoms with Gasteiger partial charge in [-0.1, -0.05) is 35.9 Å². The van der Waals surface area contributed by atoms with Crippen molar-refractivity contribution in [3.05, 3.63) is 64.7 Å². The molecular weight excluding hydrogens is 465 g/mol. The zero-order valence-corrected chi connectivity index (χ0v) is 18.1. The van der Waals surface area contributed by atoms with E-state index in [0.29, 0.717) is 26.3 Å². The third kappa shape index (κ3) is 8.25. The topological polar surface area (TPSA) is 54.9 Å². The number of nitrogens with one attached hydrogen (secondary N) is 2. The van der Waals surface area contributed by atoms with E-state index in [9.17, 15) is 0 Å². The van der Waals surface area contributed by atoms with E-state index in [2.05, 4.69) is 15.6 Å². The van der Waals surface area contributed by atoms with Gasteiger partial charge in [0.05, 0.1) is 6.61 Å². The second-order valence-corrected chi connectivity index (χ2v) is 5.83. The zero-order valence-electron chi connectivity index (χ0n) is 15.0. The smallest absolute Gasteiger partial charge is 0.191 e. The van der Waals surface area contributed by atoms with Crippen LogP contribution in [-0.4, -0.2) is 33.3 Å². The summed E-state index contributed by atoms with van der Waals surface area (Å²) in [6.45, 7) is 2.44. The number of guanidine groups is 1. The largest absolute Gasteiger partial charge is 0.491 e. The molecule has 2 aromatic carbocycles. The van der Waals surface area contributed by atoms with E-state index in [4.69, 9.17) is 21.1 Å². The van der Waals surface area contributed by atoms with Gasteiger partial charge in [0.2, 0.25) is 0 Å². The highest BCUT2D eigenvalue weighted by molar-refractivity contribution is 14.0. The molecule has 0 saturated carbocycles. The Morgan fingerprint density at radius 2 is 1.69 bits per heavy atom. The maximum absolute atomic E-state index is 5.90. The quantitative estimate of drug-likeness (QED) is 0.256. The number of benzene rings is 2. The number of ether oxygens (including phenoxy) is 2. The van der Waals surface area contributed by atoms with Crippen molar-refractivity contribution in [2.45, 2.75) is 13.1 Å². The molecule has 0 atom stereocenters. The van der Waals surface area contributed by atoms with Gasteiger partial charge in [0.1, 0.15) is 12.4 Å². The summed E-state index contributed by atoms with van der Waals surface area (Å²) in [6.07, 6.45) is 0. The van der Waals surface area contributed by atoms with Crippen molar-refractivity contribution in [3.63, 3.8) is 0 Å². The molecular formula is C19H25ClIN3O2. The van der Waals surface area contributed by atoms with Crippen LogP contribution in [0.15, 0.2) is 53.5 Å². The maximum Gasteiger partial charge on any atom is 0.191 e. The summed E-state index contributed by atoms with van der Waals surface area (Å²) in [5.41, 5.74) is 2.25. The van der Waals surface area contributed by atoms with Crippen molar-refractivity contribution in [1.82, 2.24) is 10.6 Å². The lowest BCUT2D eigenvalue weighted by Gasteiger charge is -2.13. The number of rotatable bonds is 8. The van der Waals surface area contributed by atoms with Crippen molar-refractivity contribution in [2.24, 2.45) is 4.99 Å². The molecule has 7 heteroatoms. The molecule has 0 fully saturated rings. The Balaban J connectivity index is 0.00000338. The van der Waals surface area contributed by atoms with Gasteiger partial charge >= 0.3 is 0 Å². The predicted octanol–water partition coefficient (Wildman–Crippen LogP) is 3.85. The minimum Gasteiger partial charge on any atom is -0.491 e. The van der Waals surface area contributed by atoms with Gasteiger partial charge in [-0.2, -0.15) is 0 Å². The van der Waals surface area contributed by atoms with E-state index < -0.39 is 0 Å². The third-order valence-corrected chi connectivity index (χ3v) is 3.76. The van der Waals surface area contributed by atoms with Gasteiger partial charge in [-0.15, -0.1) is 24.0 Å². The Kier molecular flexibility index (Phi) is 11.1. The van der Waals surface area contributed by atoms with Crippen LogP contribution < -0.4 is 15.4 Å². The van der Waals surface area contributed by atoms with Gasteiger partial charge in [-0.25, -0.2) is 0 Å². The summed E-state index contributed by atoms with van der Waals surface area (Å²) in [5.74, 6) is 1.57. The van der Waals surface area contributed by atoms with Crippen LogP contribution in [0.4, 0.5) is 0 Å². The predicted molar refractivity (Wildman–Crippen MR) is 118 cm³/mol. The van der Waals surface area contributed by atoms with Crippen LogP contribution in [0.25, 0.3) is 0 Å². The van der Waals surface area contributed by atoms with Gasteiger partial charge in [0.25, 0.3) is 0 Å². The highest BCUT2D eigenvalue weighted by Crippen LogP contribution is 2.13. The van der Waals surface area contributed by atoms with Crippen molar-refractivity contribution >= 4 is 41.5 Å². The first-order chi connectivity index (χ1) is 12.2. The van der Waals surface area contributed by atoms with Crippen molar-refractivity contribution in [2.75, 3.05) is 27.4 Å². The van der Waals surface area contributed by atoms with Gasteiger partial charge in [0, 0.05) is 32.3 Å². The highest BCUT2D eigenvalue weighted by atomic mass is 127. The Morgan fingerprint density at radius 1 is 1.00 bits per heavy atom. The Bertz CT molecular complexity index is 681. The number of hydrogen-bond acceptors (Lipinski definition) is 3. The van der Waals surface area contributed by atoms with E-state index in [0.717, 1.165) is 27.9 Å². The molecule has 2 aromatic rings. The molecule has 26 heavy (non-hydrogen) atoms. The summed E-state index contributed by atoms with van der Waals surface area (Å²) in [7, 11) is 3.41. The first-order valence-corrected chi connectivity index (χ1v) is 8.48. The summed E-state index contributed by atoms with van der Waals surface area (Å²) in [5, 5.41) is 7.31. The highest BCUT2D eigenvalue weighted by Gasteiger charge is 2.01. The molecule has 5 nitrogen and oxygen atoms in total. The fourth-order valence-electron chi connectivity index (χ4n) is 2.18. The van der Waals surface area contributed by atoms with Crippen LogP contribution in [0.5, 0.6) is 5.75 Å². The van der Waals surface area contributed by atoms with Crippen molar-refractivity contribution < 1.29 is 9.47 Å². The number of nitrogens with zero attached hydrogens (tertiary/aromatic N) is 1. The molecule has 0 spiro atoms. The van der Waals surface area contributed by atoms with E-state index in [1.54, 1.807) is 14.2 Å². The molecule has 0 heterocycles. The van der Waals surface area contributed by atoms with E-state index in [1.807, 2.05) is 48.5 Å². The lowest BCUT2D eigenvalue weighted by molar-refractivity contribution is 0.146. The first kappa shape index (κ1) is 22.5. The summed E-state index contributed by atoms with van der Waals surface area (Å²) in [6, 6.07) is 15.7. The lowest BCUT2D eigenvalue weighted by atomic mass is 10.2. The molecule has 2 N–H and O–H groups in total. The molecule has 0 amide bonds. The zero-order chi connectivity index (χ0) is 17.9. The molecule has 0 saturated heterocycles. The standard InChI is InChI=1S/C19H24ClN3O2.HI/c1-21-19(22-13-15-6-8-17(20)9-7-15)23-14-16-4-3-5-18(12-16)25-11-10-24-2;/h3-9,12H,10-11,13-14H2,1-2H3,(H2,21,22,23);1H. The fourth-order valence-corrected chi connectivity index (χ4v) is 2.31. The Morgan fingerprint density at radius 3 is 2.35 bits per heavy atom. The van der Waals surface area contributed by atoms with Gasteiger partial charge in [-0.05, 0) is 35.4 Å². The molecule has 0 aromatic heterocycles. The van der Waals surface area contributed by atoms with Crippen LogP contribution in [0, 0.1) is 0 Å². The minimum atomic E-state index is 0. The second-order valence-electron chi connectivity index (χ2n) is 5.39. The Hall–Kier alpha value is -1.51. The maximum atomic E-state index is 5.90. The molecule has 0 bridgehead atoms. The van der Waals surface area contributed by atoms with E-state index in [1.165, 1.54) is 0 Å². The average molecular weight is 490 g/mol. The van der Waals surface area contributed by atoms with Crippen molar-refractivity contribution in [1.29, 1.82) is 0 Å². The number of hydrogen-bond donors (Lipinski definition) is 2. The van der Waals surface area contributed by atoms with Crippen LogP contribution in [-0.2, 0) is 17.8 Å². The van der Waals surface area contributed by atoms with Gasteiger partial charge in [-0.3, -0.25) is 4.99 Å².